The van der Waals surface area contributed by atoms with Crippen LogP contribution in [-0.4, -0.2) is 160 Å². The third-order valence-electron chi connectivity index (χ3n) is 26.8. The van der Waals surface area contributed by atoms with Crippen LogP contribution in [0.5, 0.6) is 23.0 Å². The highest BCUT2D eigenvalue weighted by molar-refractivity contribution is 6.39. The first kappa shape index (κ1) is 93.0. The van der Waals surface area contributed by atoms with E-state index in [1.807, 2.05) is 27.9 Å². The van der Waals surface area contributed by atoms with E-state index in [4.69, 9.17) is 84.6 Å². The second-order valence-electron chi connectivity index (χ2n) is 36.2. The minimum Gasteiger partial charge on any atom is -0.505 e. The molecule has 4 aromatic heterocycles. The van der Waals surface area contributed by atoms with Crippen LogP contribution >= 0.6 is 69.6 Å². The third-order valence-corrected chi connectivity index (χ3v) is 28.5. The van der Waals surface area contributed by atoms with Crippen LogP contribution in [-0.2, 0) is 19.2 Å². The van der Waals surface area contributed by atoms with Crippen LogP contribution in [0.15, 0.2) is 73.3 Å². The Balaban J connectivity index is 0.000000131. The number of halogens is 8. The maximum Gasteiger partial charge on any atom is 0.249 e. The summed E-state index contributed by atoms with van der Waals surface area (Å²) >= 11 is 36.4. The molecule has 0 unspecified atom stereocenters. The number of aromatic nitrogens is 8. The Bertz CT molecular complexity index is 5310. The van der Waals surface area contributed by atoms with Crippen LogP contribution in [0.25, 0.3) is 0 Å². The Labute approximate surface area is 775 Å². The standard InChI is InChI=1S/C25H31Cl2N5O2.C24H29Cl2N5O2.C22H27Cl2N5O2.C21H25F2N5O2/c1-31-21-14-28-25(29-16-12-18(26)22(33)19(27)13-16)30-23(21)32(17-9-5-6-10-17)20(24(31)34)11-15-7-3-2-4-8-15;1-30-20-13-27-24(28-15-11-17(25)21(32)18(26)12-15)29-22(20)31(16-8-4-5-9-16)19(23(30)33)10-14-6-2-3-7-14;1-12(2)8-17-21(31)28(3)18-11-25-22(26-13-9-15(23)19(30)16(24)10-13)27-20(18)29(17)14-6-4-5-7-14;1-11(2)17-20(30)27(3)16-10-24-21(25-12-8-14(22)18(29)15(23)9-12)26-19(16)28(17)13-6-4-5-7-13/h12-15,17,20,33H,2-11H2,1H3,(H,28,29,30);11-14,16,19,32H,2-10H2,1H3,(H,27,28,29);9-12,14,17,30H,4-8H2,1-3H3,(H,25,26,27);8-11,13,17,29H,4-7H2,1-3H3,(H,24,25,26)/t20-;19-;2*17-/m1111/s1. The molecule has 8 N–H and O–H groups in total. The lowest BCUT2D eigenvalue weighted by Crippen LogP contribution is -2.58. The van der Waals surface area contributed by atoms with Crippen molar-refractivity contribution in [2.45, 2.75) is 256 Å². The molecule has 36 heteroatoms. The quantitative estimate of drug-likeness (QED) is 0.0349. The van der Waals surface area contributed by atoms with Crippen LogP contribution in [0, 0.1) is 35.3 Å². The van der Waals surface area contributed by atoms with Gasteiger partial charge in [0.05, 0.1) is 54.9 Å². The Morgan fingerprint density at radius 3 is 0.898 bits per heavy atom. The first-order valence-electron chi connectivity index (χ1n) is 44.9. The number of benzene rings is 4. The van der Waals surface area contributed by atoms with Crippen molar-refractivity contribution < 1.29 is 48.4 Å². The van der Waals surface area contributed by atoms with Gasteiger partial charge >= 0.3 is 0 Å². The number of nitrogens with one attached hydrogen (secondary N) is 4. The first-order valence-corrected chi connectivity index (χ1v) is 47.2. The summed E-state index contributed by atoms with van der Waals surface area (Å²) < 4.78 is 27.4. The molecule has 4 atom stereocenters. The van der Waals surface area contributed by atoms with E-state index in [2.05, 4.69) is 79.6 Å². The van der Waals surface area contributed by atoms with Crippen molar-refractivity contribution in [3.05, 3.63) is 115 Å². The minimum atomic E-state index is -1.08. The predicted octanol–water partition coefficient (Wildman–Crippen LogP) is 21.5. The number of amides is 4. The van der Waals surface area contributed by atoms with Crippen LogP contribution < -0.4 is 60.5 Å². The van der Waals surface area contributed by atoms with Gasteiger partial charge in [0.15, 0.2) is 57.9 Å². The number of phenols is 4. The molecular formula is C92H112Cl6F2N20O8. The molecule has 6 saturated carbocycles. The second-order valence-corrected chi connectivity index (χ2v) is 38.7. The van der Waals surface area contributed by atoms with E-state index in [0.717, 1.165) is 137 Å². The summed E-state index contributed by atoms with van der Waals surface area (Å²) in [6.07, 6.45) is 38.0. The summed E-state index contributed by atoms with van der Waals surface area (Å²) in [4.78, 5) is 106. The van der Waals surface area contributed by atoms with Crippen LogP contribution in [0.2, 0.25) is 30.1 Å². The summed E-state index contributed by atoms with van der Waals surface area (Å²) in [5.41, 5.74) is 4.61. The van der Waals surface area contributed by atoms with Gasteiger partial charge in [0, 0.05) is 87.2 Å². The Hall–Kier alpha value is -9.72. The minimum absolute atomic E-state index is 0.0105. The average molecular weight is 1880 g/mol. The van der Waals surface area contributed by atoms with Crippen molar-refractivity contribution in [3.63, 3.8) is 0 Å². The number of fused-ring (bicyclic) bond motifs is 4. The lowest BCUT2D eigenvalue weighted by molar-refractivity contribution is -0.121. The third kappa shape index (κ3) is 20.1. The monoisotopic (exact) mass is 1870 g/mol. The zero-order chi connectivity index (χ0) is 90.8. The number of carbonyl (C=O) groups excluding carboxylic acids is 4. The van der Waals surface area contributed by atoms with Gasteiger partial charge in [-0.3, -0.25) is 19.2 Å². The number of hydrogen-bond donors (Lipinski definition) is 8. The number of aromatic hydroxyl groups is 4. The lowest BCUT2D eigenvalue weighted by atomic mass is 9.83. The van der Waals surface area contributed by atoms with Crippen LogP contribution in [0.4, 0.5) is 101 Å². The smallest absolute Gasteiger partial charge is 0.249 e. The van der Waals surface area contributed by atoms with E-state index in [-0.39, 0.29) is 119 Å². The summed E-state index contributed by atoms with van der Waals surface area (Å²) in [5.74, 6) is 2.75. The van der Waals surface area contributed by atoms with E-state index in [9.17, 15) is 48.4 Å². The number of carbonyl (C=O) groups is 4. The van der Waals surface area contributed by atoms with E-state index in [0.29, 0.717) is 88.0 Å². The summed E-state index contributed by atoms with van der Waals surface area (Å²) in [6.45, 7) is 8.32. The van der Waals surface area contributed by atoms with Crippen LogP contribution in [0.1, 0.15) is 207 Å². The molecule has 4 amide bonds. The van der Waals surface area contributed by atoms with Crippen molar-refractivity contribution in [3.8, 4) is 23.0 Å². The molecule has 4 aromatic carbocycles. The number of likely N-dealkylation sites (N-methyl/N-ethyl adjacent to an activating group) is 4. The van der Waals surface area contributed by atoms with Gasteiger partial charge in [0.1, 0.15) is 46.9 Å². The second kappa shape index (κ2) is 40.3. The van der Waals surface area contributed by atoms with Crippen LogP contribution in [0.3, 0.4) is 0 Å². The Morgan fingerprint density at radius 2 is 0.602 bits per heavy atom. The SMILES string of the molecule is CC(C)C[C@@H]1C(=O)N(C)c2cnc(Nc3cc(Cl)c(O)c(Cl)c3)nc2N1C1CCCC1.CC(C)[C@@H]1C(=O)N(C)c2cnc(Nc3cc(F)c(O)c(F)c3)nc2N1C1CCCC1.CN1C(=O)[C@@H](CC2CCCC2)N(C2CCCC2)c2nc(Nc3cc(Cl)c(O)c(Cl)c3)ncc21.CN1C(=O)[C@@H](CC2CCCCC2)N(C2CCCC2)c2nc(Nc3cc(Cl)c(O)c(Cl)c3)ncc21. The van der Waals surface area contributed by atoms with E-state index in [1.165, 1.54) is 83.5 Å². The van der Waals surface area contributed by atoms with Gasteiger partial charge in [-0.1, -0.05) is 206 Å². The molecule has 6 fully saturated rings. The van der Waals surface area contributed by atoms with E-state index in [1.54, 1.807) is 94.9 Å². The van der Waals surface area contributed by atoms with Crippen molar-refractivity contribution in [2.24, 2.45) is 23.7 Å². The average Bonchev–Trinajstić information content (AvgIpc) is 1.29. The highest BCUT2D eigenvalue weighted by atomic mass is 35.5. The summed E-state index contributed by atoms with van der Waals surface area (Å²) in [5, 5.41) is 51.9. The lowest BCUT2D eigenvalue weighted by Gasteiger charge is -2.45. The molecule has 8 heterocycles. The number of hydrogen-bond acceptors (Lipinski definition) is 24. The van der Waals surface area contributed by atoms with Gasteiger partial charge < -0.3 is 80.9 Å². The highest BCUT2D eigenvalue weighted by Crippen LogP contribution is 2.49. The van der Waals surface area contributed by atoms with Gasteiger partial charge in [0.2, 0.25) is 47.4 Å². The Morgan fingerprint density at radius 1 is 0.352 bits per heavy atom. The maximum absolute atomic E-state index is 13.7. The Kier molecular flexibility index (Phi) is 29.3. The highest BCUT2D eigenvalue weighted by Gasteiger charge is 2.49. The van der Waals surface area contributed by atoms with Gasteiger partial charge in [0.25, 0.3) is 0 Å². The molecular weight excluding hydrogens is 1760 g/mol. The van der Waals surface area contributed by atoms with Crippen molar-refractivity contribution in [1.29, 1.82) is 0 Å². The number of rotatable bonds is 19. The summed E-state index contributed by atoms with van der Waals surface area (Å²) in [7, 11) is 7.15. The molecule has 0 radical (unpaired) electrons. The molecule has 6 aliphatic carbocycles. The molecule has 684 valence electrons. The zero-order valence-corrected chi connectivity index (χ0v) is 77.8. The van der Waals surface area contributed by atoms with Gasteiger partial charge in [-0.25, -0.2) is 28.7 Å². The fourth-order valence-corrected chi connectivity index (χ4v) is 21.7. The molecule has 18 rings (SSSR count). The predicted molar refractivity (Wildman–Crippen MR) is 503 cm³/mol. The molecule has 10 aliphatic rings. The molecule has 128 heavy (non-hydrogen) atoms. The number of anilines is 16. The molecule has 28 nitrogen and oxygen atoms in total. The van der Waals surface area contributed by atoms with E-state index >= 15 is 0 Å². The van der Waals surface area contributed by atoms with E-state index < -0.39 is 17.4 Å². The number of phenolic OH excluding ortho intramolecular Hbond substituents is 4. The fourth-order valence-electron chi connectivity index (χ4n) is 20.3. The normalized spacial score (nSPS) is 20.6. The maximum atomic E-state index is 13.7. The molecule has 4 aliphatic heterocycles. The topological polar surface area (TPSA) is 326 Å². The van der Waals surface area contributed by atoms with Crippen molar-refractivity contribution in [2.75, 3.05) is 88.7 Å². The zero-order valence-electron chi connectivity index (χ0n) is 73.3. The fraction of sp³-hybridized carbons (Fsp3) is 0.522. The van der Waals surface area contributed by atoms with Gasteiger partial charge in [-0.2, -0.15) is 19.9 Å². The first-order chi connectivity index (χ1) is 61.4. The van der Waals surface area contributed by atoms with Gasteiger partial charge in [-0.15, -0.1) is 0 Å². The van der Waals surface area contributed by atoms with Crippen molar-refractivity contribution >= 4 is 186 Å². The summed E-state index contributed by atoms with van der Waals surface area (Å²) in [6, 6.07) is 11.6. The largest absolute Gasteiger partial charge is 0.505 e. The van der Waals surface area contributed by atoms with Crippen molar-refractivity contribution in [1.82, 2.24) is 39.9 Å². The molecule has 0 spiro atoms. The number of nitrogens with zero attached hydrogens (tertiary/aromatic N) is 16. The molecule has 0 saturated heterocycles. The molecule has 0 bridgehead atoms. The molecule has 8 aromatic rings. The van der Waals surface area contributed by atoms with Gasteiger partial charge in [-0.05, 0) is 131 Å².